The van der Waals surface area contributed by atoms with Crippen LogP contribution in [0.5, 0.6) is 0 Å². The molecule has 0 amide bonds. The van der Waals surface area contributed by atoms with Crippen LogP contribution < -0.4 is 10.2 Å². The van der Waals surface area contributed by atoms with Gasteiger partial charge in [-0.2, -0.15) is 4.98 Å². The fourth-order valence-corrected chi connectivity index (χ4v) is 3.81. The molecule has 26 heavy (non-hydrogen) atoms. The van der Waals surface area contributed by atoms with Gasteiger partial charge >= 0.3 is 0 Å². The summed E-state index contributed by atoms with van der Waals surface area (Å²) in [6.45, 7) is 3.80. The summed E-state index contributed by atoms with van der Waals surface area (Å²) in [5.41, 5.74) is 3.74. The lowest BCUT2D eigenvalue weighted by Gasteiger charge is -2.29. The molecule has 0 aliphatic carbocycles. The van der Waals surface area contributed by atoms with Crippen molar-refractivity contribution >= 4 is 5.82 Å². The summed E-state index contributed by atoms with van der Waals surface area (Å²) in [7, 11) is 0. The van der Waals surface area contributed by atoms with Crippen LogP contribution >= 0.6 is 0 Å². The second kappa shape index (κ2) is 6.53. The van der Waals surface area contributed by atoms with E-state index in [9.17, 15) is 0 Å². The predicted octanol–water partition coefficient (Wildman–Crippen LogP) is 2.77. The van der Waals surface area contributed by atoms with Gasteiger partial charge in [-0.3, -0.25) is 0 Å². The third-order valence-corrected chi connectivity index (χ3v) is 5.31. The molecule has 1 atom stereocenters. The Morgan fingerprint density at radius 2 is 2.08 bits per heavy atom. The summed E-state index contributed by atoms with van der Waals surface area (Å²) in [6.07, 6.45) is 3.93. The third kappa shape index (κ3) is 2.86. The molecule has 4 heterocycles. The summed E-state index contributed by atoms with van der Waals surface area (Å²) >= 11 is 0. The van der Waals surface area contributed by atoms with E-state index in [0.717, 1.165) is 56.2 Å². The first-order valence-electron chi connectivity index (χ1n) is 9.19. The zero-order valence-corrected chi connectivity index (χ0v) is 14.6. The number of hydrogen-bond donors (Lipinski definition) is 1. The Labute approximate surface area is 152 Å². The topological polar surface area (TPSA) is 67.1 Å². The van der Waals surface area contributed by atoms with Crippen LogP contribution in [0.4, 0.5) is 5.82 Å². The van der Waals surface area contributed by atoms with E-state index < -0.39 is 0 Å². The highest BCUT2D eigenvalue weighted by atomic mass is 16.5. The second-order valence-electron chi connectivity index (χ2n) is 6.99. The SMILES string of the molecule is c1ccc2c(c1)CCN(c1cc(-c3nc([C@@H]4CCNC4)no3)ccn1)C2. The number of pyridine rings is 1. The Kier molecular flexibility index (Phi) is 3.90. The van der Waals surface area contributed by atoms with Crippen LogP contribution in [0.15, 0.2) is 47.1 Å². The zero-order chi connectivity index (χ0) is 17.3. The van der Waals surface area contributed by atoms with Crippen molar-refractivity contribution in [2.24, 2.45) is 0 Å². The maximum atomic E-state index is 5.53. The van der Waals surface area contributed by atoms with Crippen molar-refractivity contribution in [3.8, 4) is 11.5 Å². The highest BCUT2D eigenvalue weighted by Crippen LogP contribution is 2.28. The molecule has 3 aromatic rings. The molecule has 0 saturated carbocycles. The summed E-state index contributed by atoms with van der Waals surface area (Å²) < 4.78 is 5.53. The molecular weight excluding hydrogens is 326 g/mol. The molecule has 0 unspecified atom stereocenters. The van der Waals surface area contributed by atoms with E-state index in [1.165, 1.54) is 11.1 Å². The van der Waals surface area contributed by atoms with Crippen molar-refractivity contribution in [1.82, 2.24) is 20.4 Å². The summed E-state index contributed by atoms with van der Waals surface area (Å²) in [5, 5.41) is 7.53. The minimum Gasteiger partial charge on any atom is -0.352 e. The van der Waals surface area contributed by atoms with Crippen LogP contribution in [0.3, 0.4) is 0 Å². The molecule has 6 heteroatoms. The Balaban J connectivity index is 1.39. The number of nitrogens with zero attached hydrogens (tertiary/aromatic N) is 4. The van der Waals surface area contributed by atoms with Crippen LogP contribution in [0.1, 0.15) is 29.3 Å². The Morgan fingerprint density at radius 3 is 2.96 bits per heavy atom. The summed E-state index contributed by atoms with van der Waals surface area (Å²) in [4.78, 5) is 11.5. The normalized spacial score (nSPS) is 19.5. The van der Waals surface area contributed by atoms with Gasteiger partial charge in [0.2, 0.25) is 0 Å². The number of benzene rings is 1. The standard InChI is InChI=1S/C20H21N5O/c1-2-4-17-13-25(10-7-14(17)3-1)18-11-15(6-9-22-18)20-23-19(24-26-20)16-5-8-21-12-16/h1-4,6,9,11,16,21H,5,7-8,10,12-13H2/t16-/m1/s1. The number of rotatable bonds is 3. The predicted molar refractivity (Wildman–Crippen MR) is 99.0 cm³/mol. The van der Waals surface area contributed by atoms with Gasteiger partial charge in [-0.05, 0) is 42.6 Å². The van der Waals surface area contributed by atoms with Crippen LogP contribution in [0.2, 0.25) is 0 Å². The molecule has 2 aliphatic rings. The number of anilines is 1. The van der Waals surface area contributed by atoms with E-state index in [1.54, 1.807) is 0 Å². The zero-order valence-electron chi connectivity index (χ0n) is 14.6. The molecule has 1 saturated heterocycles. The molecule has 2 aliphatic heterocycles. The van der Waals surface area contributed by atoms with E-state index in [2.05, 4.69) is 55.7 Å². The Bertz CT molecular complexity index is 916. The van der Waals surface area contributed by atoms with Gasteiger partial charge in [-0.1, -0.05) is 29.4 Å². The minimum atomic E-state index is 0.354. The fourth-order valence-electron chi connectivity index (χ4n) is 3.81. The Morgan fingerprint density at radius 1 is 1.15 bits per heavy atom. The molecule has 1 fully saturated rings. The average Bonchev–Trinajstić information content (AvgIpc) is 3.39. The number of nitrogens with one attached hydrogen (secondary N) is 1. The van der Waals surface area contributed by atoms with E-state index in [0.29, 0.717) is 11.8 Å². The van der Waals surface area contributed by atoms with Crippen molar-refractivity contribution in [2.75, 3.05) is 24.5 Å². The van der Waals surface area contributed by atoms with E-state index in [1.807, 2.05) is 12.3 Å². The maximum Gasteiger partial charge on any atom is 0.258 e. The van der Waals surface area contributed by atoms with E-state index in [4.69, 9.17) is 4.52 Å². The van der Waals surface area contributed by atoms with Crippen LogP contribution in [0, 0.1) is 0 Å². The minimum absolute atomic E-state index is 0.354. The quantitative estimate of drug-likeness (QED) is 0.786. The van der Waals surface area contributed by atoms with Gasteiger partial charge in [0.25, 0.3) is 5.89 Å². The highest BCUT2D eigenvalue weighted by Gasteiger charge is 2.23. The highest BCUT2D eigenvalue weighted by molar-refractivity contribution is 5.59. The first-order valence-corrected chi connectivity index (χ1v) is 9.19. The van der Waals surface area contributed by atoms with Crippen molar-refractivity contribution in [1.29, 1.82) is 0 Å². The van der Waals surface area contributed by atoms with Gasteiger partial charge in [-0.15, -0.1) is 0 Å². The van der Waals surface area contributed by atoms with Gasteiger partial charge in [0.05, 0.1) is 0 Å². The molecule has 0 spiro atoms. The molecule has 132 valence electrons. The number of fused-ring (bicyclic) bond motifs is 1. The van der Waals surface area contributed by atoms with Crippen LogP contribution in [0.25, 0.3) is 11.5 Å². The van der Waals surface area contributed by atoms with Gasteiger partial charge in [0.1, 0.15) is 5.82 Å². The first-order chi connectivity index (χ1) is 12.9. The van der Waals surface area contributed by atoms with Gasteiger partial charge in [-0.25, -0.2) is 4.98 Å². The number of hydrogen-bond acceptors (Lipinski definition) is 6. The second-order valence-corrected chi connectivity index (χ2v) is 6.99. The van der Waals surface area contributed by atoms with Crippen molar-refractivity contribution in [3.63, 3.8) is 0 Å². The lowest BCUT2D eigenvalue weighted by molar-refractivity contribution is 0.417. The molecule has 2 aromatic heterocycles. The largest absolute Gasteiger partial charge is 0.352 e. The molecule has 1 aromatic carbocycles. The Hall–Kier alpha value is -2.73. The lowest BCUT2D eigenvalue weighted by atomic mass is 10.00. The fraction of sp³-hybridized carbons (Fsp3) is 0.350. The smallest absolute Gasteiger partial charge is 0.258 e. The molecule has 0 radical (unpaired) electrons. The average molecular weight is 347 g/mol. The van der Waals surface area contributed by atoms with E-state index >= 15 is 0 Å². The molecule has 6 nitrogen and oxygen atoms in total. The van der Waals surface area contributed by atoms with Gasteiger partial charge < -0.3 is 14.7 Å². The molecular formula is C20H21N5O. The monoisotopic (exact) mass is 347 g/mol. The first kappa shape index (κ1) is 15.5. The van der Waals surface area contributed by atoms with Crippen LogP contribution in [-0.2, 0) is 13.0 Å². The number of aromatic nitrogens is 3. The molecule has 5 rings (SSSR count). The summed E-state index contributed by atoms with van der Waals surface area (Å²) in [5.74, 6) is 2.69. The maximum absolute atomic E-state index is 5.53. The summed E-state index contributed by atoms with van der Waals surface area (Å²) in [6, 6.07) is 12.6. The molecule has 1 N–H and O–H groups in total. The van der Waals surface area contributed by atoms with E-state index in [-0.39, 0.29) is 0 Å². The lowest BCUT2D eigenvalue weighted by Crippen LogP contribution is -2.30. The van der Waals surface area contributed by atoms with Gasteiger partial charge in [0.15, 0.2) is 5.82 Å². The van der Waals surface area contributed by atoms with Gasteiger partial charge in [0, 0.05) is 37.3 Å². The van der Waals surface area contributed by atoms with Crippen LogP contribution in [-0.4, -0.2) is 34.8 Å². The van der Waals surface area contributed by atoms with Crippen molar-refractivity contribution < 1.29 is 4.52 Å². The third-order valence-electron chi connectivity index (χ3n) is 5.31. The van der Waals surface area contributed by atoms with Crippen molar-refractivity contribution in [3.05, 3.63) is 59.5 Å². The van der Waals surface area contributed by atoms with Crippen molar-refractivity contribution in [2.45, 2.75) is 25.3 Å². The molecule has 0 bridgehead atoms.